The number of halogens is 2. The van der Waals surface area contributed by atoms with E-state index in [1.165, 1.54) is 4.90 Å². The standard InChI is InChI=1S/C22H21Br2NO4S/c1-4-28-20-16(23)10-15(11-17(20)24)12-19-21(26)25(22(27)30-19)7-8-29-18-9-13(2)5-6-14(18)3/h5-6,9-12H,4,7-8H2,1-3H3/b19-12-. The van der Waals surface area contributed by atoms with Gasteiger partial charge in [-0.05, 0) is 105 Å². The zero-order valence-electron chi connectivity index (χ0n) is 16.8. The lowest BCUT2D eigenvalue weighted by Gasteiger charge is -2.14. The topological polar surface area (TPSA) is 55.8 Å². The normalized spacial score (nSPS) is 15.2. The lowest BCUT2D eigenvalue weighted by atomic mass is 10.1. The van der Waals surface area contributed by atoms with Crippen LogP contribution in [0.3, 0.4) is 0 Å². The minimum atomic E-state index is -0.310. The number of carbonyl (C=O) groups excluding carboxylic acids is 2. The van der Waals surface area contributed by atoms with Crippen LogP contribution in [-0.4, -0.2) is 35.8 Å². The lowest BCUT2D eigenvalue weighted by Crippen LogP contribution is -2.32. The number of hydrogen-bond acceptors (Lipinski definition) is 5. The molecule has 0 bridgehead atoms. The molecule has 0 saturated carbocycles. The molecule has 2 aromatic rings. The Kier molecular flexibility index (Phi) is 7.65. The molecule has 1 fully saturated rings. The summed E-state index contributed by atoms with van der Waals surface area (Å²) >= 11 is 7.90. The van der Waals surface area contributed by atoms with Crippen LogP contribution in [0, 0.1) is 13.8 Å². The van der Waals surface area contributed by atoms with Crippen molar-refractivity contribution in [2.75, 3.05) is 19.8 Å². The van der Waals surface area contributed by atoms with Gasteiger partial charge in [-0.25, -0.2) is 0 Å². The molecule has 0 aromatic heterocycles. The van der Waals surface area contributed by atoms with Crippen LogP contribution in [0.5, 0.6) is 11.5 Å². The van der Waals surface area contributed by atoms with Crippen LogP contribution in [0.25, 0.3) is 6.08 Å². The summed E-state index contributed by atoms with van der Waals surface area (Å²) in [4.78, 5) is 26.7. The monoisotopic (exact) mass is 553 g/mol. The van der Waals surface area contributed by atoms with E-state index in [0.29, 0.717) is 17.3 Å². The summed E-state index contributed by atoms with van der Waals surface area (Å²) in [6.07, 6.45) is 1.71. The highest BCUT2D eigenvalue weighted by molar-refractivity contribution is 9.11. The van der Waals surface area contributed by atoms with Crippen LogP contribution in [-0.2, 0) is 4.79 Å². The summed E-state index contributed by atoms with van der Waals surface area (Å²) in [7, 11) is 0. The molecule has 3 rings (SSSR count). The van der Waals surface area contributed by atoms with Gasteiger partial charge in [0.25, 0.3) is 11.1 Å². The number of thioether (sulfide) groups is 1. The van der Waals surface area contributed by atoms with Crippen molar-refractivity contribution in [1.29, 1.82) is 0 Å². The van der Waals surface area contributed by atoms with Crippen LogP contribution in [0.1, 0.15) is 23.6 Å². The van der Waals surface area contributed by atoms with Crippen LogP contribution in [0.15, 0.2) is 44.2 Å². The molecule has 30 heavy (non-hydrogen) atoms. The number of carbonyl (C=O) groups is 2. The molecule has 2 amide bonds. The number of hydrogen-bond donors (Lipinski definition) is 0. The molecule has 1 heterocycles. The van der Waals surface area contributed by atoms with Crippen LogP contribution in [0.4, 0.5) is 4.79 Å². The van der Waals surface area contributed by atoms with E-state index < -0.39 is 0 Å². The van der Waals surface area contributed by atoms with E-state index in [4.69, 9.17) is 9.47 Å². The van der Waals surface area contributed by atoms with Crippen molar-refractivity contribution in [2.45, 2.75) is 20.8 Å². The predicted octanol–water partition coefficient (Wildman–Crippen LogP) is 6.34. The van der Waals surface area contributed by atoms with E-state index in [9.17, 15) is 9.59 Å². The van der Waals surface area contributed by atoms with Gasteiger partial charge in [0.05, 0.1) is 27.0 Å². The van der Waals surface area contributed by atoms with Gasteiger partial charge >= 0.3 is 0 Å². The molecule has 0 radical (unpaired) electrons. The Morgan fingerprint density at radius 1 is 1.07 bits per heavy atom. The third-order valence-corrected chi connectivity index (χ3v) is 6.48. The minimum absolute atomic E-state index is 0.200. The first-order chi connectivity index (χ1) is 14.3. The van der Waals surface area contributed by atoms with E-state index in [1.807, 2.05) is 51.1 Å². The van der Waals surface area contributed by atoms with E-state index in [0.717, 1.165) is 43.1 Å². The number of ether oxygens (including phenoxy) is 2. The Labute approximate surface area is 197 Å². The Morgan fingerprint density at radius 2 is 1.77 bits per heavy atom. The maximum Gasteiger partial charge on any atom is 0.293 e. The van der Waals surface area contributed by atoms with E-state index in [2.05, 4.69) is 31.9 Å². The van der Waals surface area contributed by atoms with Crippen molar-refractivity contribution < 1.29 is 19.1 Å². The SMILES string of the molecule is CCOc1c(Br)cc(/C=C2\SC(=O)N(CCOc3cc(C)ccc3C)C2=O)cc1Br. The maximum absolute atomic E-state index is 12.7. The van der Waals surface area contributed by atoms with Gasteiger partial charge < -0.3 is 9.47 Å². The fourth-order valence-electron chi connectivity index (χ4n) is 2.90. The highest BCUT2D eigenvalue weighted by atomic mass is 79.9. The van der Waals surface area contributed by atoms with E-state index in [1.54, 1.807) is 6.08 Å². The fraction of sp³-hybridized carbons (Fsp3) is 0.273. The van der Waals surface area contributed by atoms with Crippen molar-refractivity contribution >= 4 is 60.8 Å². The molecule has 2 aromatic carbocycles. The van der Waals surface area contributed by atoms with Gasteiger partial charge in [0, 0.05) is 0 Å². The highest BCUT2D eigenvalue weighted by Gasteiger charge is 2.34. The van der Waals surface area contributed by atoms with Crippen LogP contribution >= 0.6 is 43.6 Å². The first-order valence-corrected chi connectivity index (χ1v) is 11.8. The molecule has 1 aliphatic rings. The molecular formula is C22H21Br2NO4S. The summed E-state index contributed by atoms with van der Waals surface area (Å²) in [5.41, 5.74) is 2.90. The number of rotatable bonds is 7. The minimum Gasteiger partial charge on any atom is -0.492 e. The quantitative estimate of drug-likeness (QED) is 0.374. The number of imide groups is 1. The Bertz CT molecular complexity index is 999. The molecule has 0 aliphatic carbocycles. The van der Waals surface area contributed by atoms with Gasteiger partial charge in [0.1, 0.15) is 18.1 Å². The smallest absolute Gasteiger partial charge is 0.293 e. The molecule has 158 valence electrons. The van der Waals surface area contributed by atoms with Crippen molar-refractivity contribution in [3.63, 3.8) is 0 Å². The van der Waals surface area contributed by atoms with E-state index >= 15 is 0 Å². The highest BCUT2D eigenvalue weighted by Crippen LogP contribution is 2.37. The number of amides is 2. The fourth-order valence-corrected chi connectivity index (χ4v) is 5.21. The third kappa shape index (κ3) is 5.28. The molecule has 0 spiro atoms. The zero-order valence-corrected chi connectivity index (χ0v) is 20.8. The second-order valence-corrected chi connectivity index (χ2v) is 9.40. The molecular weight excluding hydrogens is 534 g/mol. The number of benzene rings is 2. The van der Waals surface area contributed by atoms with Gasteiger partial charge in [0.2, 0.25) is 0 Å². The molecule has 0 unspecified atom stereocenters. The summed E-state index contributed by atoms with van der Waals surface area (Å²) < 4.78 is 12.9. The zero-order chi connectivity index (χ0) is 21.8. The first kappa shape index (κ1) is 22.9. The second kappa shape index (κ2) is 10.0. The Hall–Kier alpha value is -1.77. The Balaban J connectivity index is 1.69. The largest absolute Gasteiger partial charge is 0.492 e. The van der Waals surface area contributed by atoms with Crippen molar-refractivity contribution in [3.8, 4) is 11.5 Å². The van der Waals surface area contributed by atoms with Gasteiger partial charge in [0.15, 0.2) is 0 Å². The Morgan fingerprint density at radius 3 is 2.43 bits per heavy atom. The lowest BCUT2D eigenvalue weighted by molar-refractivity contribution is -0.123. The molecule has 5 nitrogen and oxygen atoms in total. The first-order valence-electron chi connectivity index (χ1n) is 9.37. The predicted molar refractivity (Wildman–Crippen MR) is 127 cm³/mol. The van der Waals surface area contributed by atoms with Crippen LogP contribution < -0.4 is 9.47 Å². The molecule has 1 aliphatic heterocycles. The third-order valence-electron chi connectivity index (χ3n) is 4.40. The molecule has 1 saturated heterocycles. The van der Waals surface area contributed by atoms with E-state index in [-0.39, 0.29) is 24.3 Å². The van der Waals surface area contributed by atoms with Crippen molar-refractivity contribution in [2.24, 2.45) is 0 Å². The average Bonchev–Trinajstić information content (AvgIpc) is 2.94. The van der Waals surface area contributed by atoms with Crippen molar-refractivity contribution in [1.82, 2.24) is 4.90 Å². The van der Waals surface area contributed by atoms with Crippen LogP contribution in [0.2, 0.25) is 0 Å². The summed E-state index contributed by atoms with van der Waals surface area (Å²) in [6.45, 7) is 6.85. The van der Waals surface area contributed by atoms with Gasteiger partial charge in [-0.3, -0.25) is 14.5 Å². The number of nitrogens with zero attached hydrogens (tertiary/aromatic N) is 1. The van der Waals surface area contributed by atoms with Gasteiger partial charge in [-0.15, -0.1) is 0 Å². The summed E-state index contributed by atoms with van der Waals surface area (Å²) in [5.74, 6) is 1.16. The average molecular weight is 555 g/mol. The molecule has 8 heteroatoms. The second-order valence-electron chi connectivity index (χ2n) is 6.70. The summed E-state index contributed by atoms with van der Waals surface area (Å²) in [5, 5.41) is -0.292. The van der Waals surface area contributed by atoms with Crippen molar-refractivity contribution in [3.05, 3.63) is 60.9 Å². The van der Waals surface area contributed by atoms with Gasteiger partial charge in [-0.2, -0.15) is 0 Å². The molecule has 0 N–H and O–H groups in total. The maximum atomic E-state index is 12.7. The van der Waals surface area contributed by atoms with Gasteiger partial charge in [-0.1, -0.05) is 12.1 Å². The summed E-state index contributed by atoms with van der Waals surface area (Å²) in [6, 6.07) is 9.66. The molecule has 0 atom stereocenters. The number of aryl methyl sites for hydroxylation is 2.